The standard InChI is InChI=1S/C18H15ClF3N3O4S2/c1-24-14-6-3-10(7-15(14)30-17(24)27)23-16(26)9-25(31(2,28)29)11-4-5-13(19)12(8-11)18(20,21)22/h3-8H,9H2,1-2H3,(H,23,26). The van der Waals surface area contributed by atoms with Crippen molar-refractivity contribution in [2.45, 2.75) is 6.18 Å². The number of nitrogens with zero attached hydrogens (tertiary/aromatic N) is 2. The maximum atomic E-state index is 13.1. The van der Waals surface area contributed by atoms with Crippen LogP contribution in [0, 0.1) is 0 Å². The van der Waals surface area contributed by atoms with Gasteiger partial charge in [0.15, 0.2) is 0 Å². The average molecular weight is 494 g/mol. The zero-order valence-electron chi connectivity index (χ0n) is 16.0. The highest BCUT2D eigenvalue weighted by Gasteiger charge is 2.34. The minimum Gasteiger partial charge on any atom is -0.324 e. The minimum atomic E-state index is -4.80. The Kier molecular flexibility index (Phi) is 6.09. The van der Waals surface area contributed by atoms with E-state index in [2.05, 4.69) is 5.32 Å². The van der Waals surface area contributed by atoms with Crippen LogP contribution in [-0.2, 0) is 28.0 Å². The number of alkyl halides is 3. The summed E-state index contributed by atoms with van der Waals surface area (Å²) in [5.74, 6) is -0.781. The number of hydrogen-bond acceptors (Lipinski definition) is 5. The molecular weight excluding hydrogens is 479 g/mol. The molecule has 1 aromatic heterocycles. The van der Waals surface area contributed by atoms with E-state index in [0.717, 1.165) is 29.7 Å². The lowest BCUT2D eigenvalue weighted by Crippen LogP contribution is -2.37. The molecule has 1 heterocycles. The van der Waals surface area contributed by atoms with Crippen LogP contribution in [0.3, 0.4) is 0 Å². The molecule has 0 aliphatic carbocycles. The number of amides is 1. The molecule has 31 heavy (non-hydrogen) atoms. The van der Waals surface area contributed by atoms with Gasteiger partial charge in [-0.3, -0.25) is 13.9 Å². The Bertz CT molecular complexity index is 1330. The first-order valence-corrected chi connectivity index (χ1v) is 11.6. The number of anilines is 2. The SMILES string of the molecule is Cn1c(=O)sc2cc(NC(=O)CN(c3ccc(Cl)c(C(F)(F)F)c3)S(C)(=O)=O)ccc21. The molecule has 13 heteroatoms. The van der Waals surface area contributed by atoms with E-state index in [4.69, 9.17) is 11.6 Å². The molecule has 166 valence electrons. The number of aromatic nitrogens is 1. The highest BCUT2D eigenvalue weighted by atomic mass is 35.5. The summed E-state index contributed by atoms with van der Waals surface area (Å²) in [4.78, 5) is 24.0. The van der Waals surface area contributed by atoms with Crippen molar-refractivity contribution < 1.29 is 26.4 Å². The minimum absolute atomic E-state index is 0.190. The molecule has 0 aliphatic rings. The van der Waals surface area contributed by atoms with Gasteiger partial charge in [0.2, 0.25) is 15.9 Å². The van der Waals surface area contributed by atoms with E-state index in [1.54, 1.807) is 19.2 Å². The van der Waals surface area contributed by atoms with Crippen LogP contribution in [0.4, 0.5) is 24.5 Å². The molecule has 3 aromatic rings. The van der Waals surface area contributed by atoms with Gasteiger partial charge in [-0.2, -0.15) is 13.2 Å². The van der Waals surface area contributed by atoms with Crippen molar-refractivity contribution in [1.29, 1.82) is 0 Å². The third kappa shape index (κ3) is 5.02. The molecule has 1 N–H and O–H groups in total. The second kappa shape index (κ2) is 8.17. The largest absolute Gasteiger partial charge is 0.417 e. The monoisotopic (exact) mass is 493 g/mol. The molecule has 0 atom stereocenters. The van der Waals surface area contributed by atoms with Gasteiger partial charge < -0.3 is 9.88 Å². The van der Waals surface area contributed by atoms with Gasteiger partial charge in [0.1, 0.15) is 6.54 Å². The van der Waals surface area contributed by atoms with E-state index in [1.807, 2.05) is 0 Å². The number of carbonyl (C=O) groups excluding carboxylic acids is 1. The van der Waals surface area contributed by atoms with E-state index < -0.39 is 39.2 Å². The number of carbonyl (C=O) groups is 1. The van der Waals surface area contributed by atoms with E-state index in [0.29, 0.717) is 26.3 Å². The van der Waals surface area contributed by atoms with Crippen molar-refractivity contribution in [3.8, 4) is 0 Å². The van der Waals surface area contributed by atoms with Gasteiger partial charge in [0.25, 0.3) is 0 Å². The van der Waals surface area contributed by atoms with E-state index >= 15 is 0 Å². The molecule has 1 amide bonds. The van der Waals surface area contributed by atoms with Crippen LogP contribution in [0.5, 0.6) is 0 Å². The Morgan fingerprint density at radius 2 is 1.90 bits per heavy atom. The van der Waals surface area contributed by atoms with Gasteiger partial charge in [0, 0.05) is 12.7 Å². The molecule has 0 radical (unpaired) electrons. The molecule has 0 bridgehead atoms. The van der Waals surface area contributed by atoms with Crippen molar-refractivity contribution in [3.05, 3.63) is 56.7 Å². The Hall–Kier alpha value is -2.57. The van der Waals surface area contributed by atoms with Crippen LogP contribution in [-0.4, -0.2) is 31.7 Å². The first kappa shape index (κ1) is 23.1. The van der Waals surface area contributed by atoms with Gasteiger partial charge in [-0.1, -0.05) is 22.9 Å². The summed E-state index contributed by atoms with van der Waals surface area (Å²) < 4.78 is 66.4. The molecule has 0 saturated carbocycles. The van der Waals surface area contributed by atoms with Crippen molar-refractivity contribution in [1.82, 2.24) is 4.57 Å². The first-order valence-electron chi connectivity index (χ1n) is 8.51. The van der Waals surface area contributed by atoms with Crippen molar-refractivity contribution in [3.63, 3.8) is 0 Å². The van der Waals surface area contributed by atoms with Crippen molar-refractivity contribution in [2.75, 3.05) is 22.4 Å². The smallest absolute Gasteiger partial charge is 0.324 e. The Labute approximate surface area is 183 Å². The van der Waals surface area contributed by atoms with Crippen LogP contribution in [0.15, 0.2) is 41.2 Å². The average Bonchev–Trinajstić information content (AvgIpc) is 2.92. The molecule has 0 aliphatic heterocycles. The summed E-state index contributed by atoms with van der Waals surface area (Å²) in [5.41, 5.74) is -0.609. The van der Waals surface area contributed by atoms with Crippen molar-refractivity contribution >= 4 is 60.5 Å². The number of halogens is 4. The summed E-state index contributed by atoms with van der Waals surface area (Å²) in [6.45, 7) is -0.763. The maximum absolute atomic E-state index is 13.1. The van der Waals surface area contributed by atoms with Crippen LogP contribution >= 0.6 is 22.9 Å². The number of sulfonamides is 1. The van der Waals surface area contributed by atoms with Crippen molar-refractivity contribution in [2.24, 2.45) is 7.05 Å². The van der Waals surface area contributed by atoms with Gasteiger partial charge in [-0.25, -0.2) is 8.42 Å². The van der Waals surface area contributed by atoms with Crippen LogP contribution < -0.4 is 14.5 Å². The molecule has 0 saturated heterocycles. The number of nitrogens with one attached hydrogen (secondary N) is 1. The van der Waals surface area contributed by atoms with E-state index in [9.17, 15) is 31.2 Å². The summed E-state index contributed by atoms with van der Waals surface area (Å²) in [5, 5.41) is 1.90. The molecule has 0 spiro atoms. The number of benzene rings is 2. The topological polar surface area (TPSA) is 88.5 Å². The Morgan fingerprint density at radius 3 is 2.52 bits per heavy atom. The molecule has 0 fully saturated rings. The fourth-order valence-electron chi connectivity index (χ4n) is 2.83. The highest BCUT2D eigenvalue weighted by Crippen LogP contribution is 2.37. The zero-order valence-corrected chi connectivity index (χ0v) is 18.4. The normalized spacial score (nSPS) is 12.2. The zero-order chi connectivity index (χ0) is 23.1. The Balaban J connectivity index is 1.88. The number of fused-ring (bicyclic) bond motifs is 1. The first-order chi connectivity index (χ1) is 14.3. The fourth-order valence-corrected chi connectivity index (χ4v) is 4.82. The summed E-state index contributed by atoms with van der Waals surface area (Å²) in [6.07, 6.45) is -4.03. The molecule has 2 aromatic carbocycles. The maximum Gasteiger partial charge on any atom is 0.417 e. The molecule has 3 rings (SSSR count). The van der Waals surface area contributed by atoms with E-state index in [1.165, 1.54) is 10.6 Å². The fraction of sp³-hybridized carbons (Fsp3) is 0.222. The lowest BCUT2D eigenvalue weighted by Gasteiger charge is -2.23. The third-order valence-corrected chi connectivity index (χ3v) is 6.77. The number of thiazole rings is 1. The van der Waals surface area contributed by atoms with Crippen LogP contribution in [0.1, 0.15) is 5.56 Å². The number of hydrogen-bond donors (Lipinski definition) is 1. The molecule has 7 nitrogen and oxygen atoms in total. The summed E-state index contributed by atoms with van der Waals surface area (Å²) in [6, 6.07) is 7.27. The summed E-state index contributed by atoms with van der Waals surface area (Å²) in [7, 11) is -2.50. The third-order valence-electron chi connectivity index (χ3n) is 4.31. The summed E-state index contributed by atoms with van der Waals surface area (Å²) >= 11 is 6.55. The number of rotatable bonds is 5. The lowest BCUT2D eigenvalue weighted by molar-refractivity contribution is -0.137. The van der Waals surface area contributed by atoms with Gasteiger partial charge >= 0.3 is 11.0 Å². The van der Waals surface area contributed by atoms with Gasteiger partial charge in [-0.15, -0.1) is 0 Å². The highest BCUT2D eigenvalue weighted by molar-refractivity contribution is 7.92. The predicted molar refractivity (Wildman–Crippen MR) is 114 cm³/mol. The predicted octanol–water partition coefficient (Wildman–Crippen LogP) is 3.68. The number of aryl methyl sites for hydroxylation is 1. The second-order valence-electron chi connectivity index (χ2n) is 6.59. The van der Waals surface area contributed by atoms with Gasteiger partial charge in [0.05, 0.1) is 32.7 Å². The molecular formula is C18H15ClF3N3O4S2. The lowest BCUT2D eigenvalue weighted by atomic mass is 10.2. The van der Waals surface area contributed by atoms with E-state index in [-0.39, 0.29) is 10.6 Å². The Morgan fingerprint density at radius 1 is 1.23 bits per heavy atom. The van der Waals surface area contributed by atoms with Crippen LogP contribution in [0.25, 0.3) is 10.2 Å². The van der Waals surface area contributed by atoms with Gasteiger partial charge in [-0.05, 0) is 36.4 Å². The molecule has 0 unspecified atom stereocenters. The quantitative estimate of drug-likeness (QED) is 0.587. The van der Waals surface area contributed by atoms with Crippen LogP contribution in [0.2, 0.25) is 5.02 Å². The second-order valence-corrected chi connectivity index (χ2v) is 9.90.